The number of anilines is 1. The molecule has 1 amide bonds. The van der Waals surface area contributed by atoms with Crippen molar-refractivity contribution in [2.24, 2.45) is 0 Å². The standard InChI is InChI=1S/C20H14F3N3O2S/c1-3-11-5-6-16(29-4-2)13(7-11)19(28)26-15-9-12(20(21,22)23)8-14-17(15)24-10-25-18(14)27/h1,5-10H,4H2,2H3,(H,26,28)(H,24,25,27). The van der Waals surface area contributed by atoms with Crippen LogP contribution in [0.25, 0.3) is 10.9 Å². The zero-order chi connectivity index (χ0) is 21.2. The second kappa shape index (κ2) is 8.01. The summed E-state index contributed by atoms with van der Waals surface area (Å²) in [6, 6.07) is 6.31. The van der Waals surface area contributed by atoms with E-state index in [0.717, 1.165) is 12.4 Å². The average Bonchev–Trinajstić information content (AvgIpc) is 2.68. The summed E-state index contributed by atoms with van der Waals surface area (Å²) in [7, 11) is 0. The van der Waals surface area contributed by atoms with Gasteiger partial charge in [-0.15, -0.1) is 18.2 Å². The zero-order valence-electron chi connectivity index (χ0n) is 15.1. The molecule has 5 nitrogen and oxygen atoms in total. The highest BCUT2D eigenvalue weighted by Crippen LogP contribution is 2.34. The van der Waals surface area contributed by atoms with E-state index in [1.54, 1.807) is 12.1 Å². The molecular formula is C20H14F3N3O2S. The van der Waals surface area contributed by atoms with Gasteiger partial charge in [-0.3, -0.25) is 9.59 Å². The Morgan fingerprint density at radius 3 is 2.72 bits per heavy atom. The summed E-state index contributed by atoms with van der Waals surface area (Å²) < 4.78 is 39.8. The van der Waals surface area contributed by atoms with Gasteiger partial charge in [-0.05, 0) is 36.1 Å². The number of hydrogen-bond acceptors (Lipinski definition) is 4. The van der Waals surface area contributed by atoms with Crippen molar-refractivity contribution in [1.82, 2.24) is 9.97 Å². The van der Waals surface area contributed by atoms with Crippen LogP contribution in [0.5, 0.6) is 0 Å². The minimum absolute atomic E-state index is 0.0482. The predicted octanol–water partition coefficient (Wildman–Crippen LogP) is 4.29. The number of carbonyl (C=O) groups is 1. The molecule has 3 rings (SSSR count). The first-order valence-electron chi connectivity index (χ1n) is 8.38. The smallest absolute Gasteiger partial charge is 0.320 e. The number of H-pyrrole nitrogens is 1. The van der Waals surface area contributed by atoms with E-state index in [1.165, 1.54) is 17.8 Å². The number of amides is 1. The first kappa shape index (κ1) is 20.5. The molecule has 0 atom stereocenters. The van der Waals surface area contributed by atoms with E-state index in [2.05, 4.69) is 21.2 Å². The van der Waals surface area contributed by atoms with E-state index in [4.69, 9.17) is 6.42 Å². The Labute approximate surface area is 167 Å². The number of fused-ring (bicyclic) bond motifs is 1. The van der Waals surface area contributed by atoms with Crippen molar-refractivity contribution < 1.29 is 18.0 Å². The van der Waals surface area contributed by atoms with Crippen LogP contribution in [-0.4, -0.2) is 21.6 Å². The molecule has 0 saturated heterocycles. The molecule has 0 unspecified atom stereocenters. The summed E-state index contributed by atoms with van der Waals surface area (Å²) in [6.45, 7) is 1.90. The van der Waals surface area contributed by atoms with Crippen molar-refractivity contribution in [3.8, 4) is 12.3 Å². The number of aromatic amines is 1. The van der Waals surface area contributed by atoms with Gasteiger partial charge >= 0.3 is 6.18 Å². The van der Waals surface area contributed by atoms with E-state index in [-0.39, 0.29) is 22.2 Å². The van der Waals surface area contributed by atoms with Crippen molar-refractivity contribution in [1.29, 1.82) is 0 Å². The van der Waals surface area contributed by atoms with Gasteiger partial charge in [-0.25, -0.2) is 4.98 Å². The summed E-state index contributed by atoms with van der Waals surface area (Å²) in [5, 5.41) is 2.18. The number of terminal acetylenes is 1. The van der Waals surface area contributed by atoms with Gasteiger partial charge in [0.05, 0.1) is 28.5 Å². The number of nitrogens with zero attached hydrogens (tertiary/aromatic N) is 1. The van der Waals surface area contributed by atoms with Gasteiger partial charge in [0.1, 0.15) is 5.52 Å². The summed E-state index contributed by atoms with van der Waals surface area (Å²) in [4.78, 5) is 31.7. The zero-order valence-corrected chi connectivity index (χ0v) is 15.9. The maximum absolute atomic E-state index is 13.3. The van der Waals surface area contributed by atoms with Crippen LogP contribution in [-0.2, 0) is 6.18 Å². The molecule has 2 aromatic carbocycles. The van der Waals surface area contributed by atoms with Gasteiger partial charge in [0.2, 0.25) is 0 Å². The molecule has 0 radical (unpaired) electrons. The number of alkyl halides is 3. The highest BCUT2D eigenvalue weighted by molar-refractivity contribution is 7.99. The normalized spacial score (nSPS) is 11.3. The van der Waals surface area contributed by atoms with Crippen LogP contribution in [0.15, 0.2) is 46.3 Å². The molecule has 0 spiro atoms. The third-order valence-electron chi connectivity index (χ3n) is 4.01. The van der Waals surface area contributed by atoms with Crippen LogP contribution in [0.4, 0.5) is 18.9 Å². The Balaban J connectivity index is 2.13. The van der Waals surface area contributed by atoms with E-state index < -0.39 is 23.2 Å². The van der Waals surface area contributed by atoms with Crippen molar-refractivity contribution in [3.05, 3.63) is 63.7 Å². The van der Waals surface area contributed by atoms with E-state index in [0.29, 0.717) is 22.3 Å². The lowest BCUT2D eigenvalue weighted by atomic mass is 10.1. The number of thioether (sulfide) groups is 1. The molecular weight excluding hydrogens is 403 g/mol. The fourth-order valence-electron chi connectivity index (χ4n) is 2.71. The van der Waals surface area contributed by atoms with Crippen molar-refractivity contribution in [2.45, 2.75) is 18.0 Å². The first-order valence-corrected chi connectivity index (χ1v) is 9.36. The van der Waals surface area contributed by atoms with E-state index in [1.807, 2.05) is 6.92 Å². The maximum atomic E-state index is 13.3. The van der Waals surface area contributed by atoms with Crippen LogP contribution >= 0.6 is 11.8 Å². The largest absolute Gasteiger partial charge is 0.416 e. The fourth-order valence-corrected chi connectivity index (χ4v) is 3.49. The van der Waals surface area contributed by atoms with Crippen LogP contribution in [0.1, 0.15) is 28.4 Å². The second-order valence-electron chi connectivity index (χ2n) is 5.89. The highest BCUT2D eigenvalue weighted by atomic mass is 32.2. The van der Waals surface area contributed by atoms with Crippen LogP contribution in [0.2, 0.25) is 0 Å². The number of hydrogen-bond donors (Lipinski definition) is 2. The number of benzene rings is 2. The molecule has 0 aliphatic carbocycles. The number of aromatic nitrogens is 2. The molecule has 3 aromatic rings. The number of nitrogens with one attached hydrogen (secondary N) is 2. The van der Waals surface area contributed by atoms with E-state index in [9.17, 15) is 22.8 Å². The van der Waals surface area contributed by atoms with Gasteiger partial charge in [0.25, 0.3) is 11.5 Å². The Kier molecular flexibility index (Phi) is 5.66. The molecule has 1 aromatic heterocycles. The average molecular weight is 417 g/mol. The van der Waals surface area contributed by atoms with Gasteiger partial charge < -0.3 is 10.3 Å². The predicted molar refractivity (Wildman–Crippen MR) is 106 cm³/mol. The SMILES string of the molecule is C#Cc1ccc(SCC)c(C(=O)Nc2cc(C(F)(F)F)cc3c(=O)[nH]cnc23)c1. The third kappa shape index (κ3) is 4.27. The van der Waals surface area contributed by atoms with Crippen molar-refractivity contribution >= 4 is 34.3 Å². The second-order valence-corrected chi connectivity index (χ2v) is 7.20. The lowest BCUT2D eigenvalue weighted by molar-refractivity contribution is -0.137. The molecule has 0 aliphatic heterocycles. The van der Waals surface area contributed by atoms with Gasteiger partial charge in [0, 0.05) is 10.5 Å². The maximum Gasteiger partial charge on any atom is 0.416 e. The monoisotopic (exact) mass is 417 g/mol. The van der Waals surface area contributed by atoms with Gasteiger partial charge in [-0.1, -0.05) is 12.8 Å². The number of rotatable bonds is 4. The Hall–Kier alpha value is -3.25. The molecule has 0 bridgehead atoms. The first-order chi connectivity index (χ1) is 13.7. The number of halogens is 3. The Morgan fingerprint density at radius 1 is 1.31 bits per heavy atom. The summed E-state index contributed by atoms with van der Waals surface area (Å²) in [5.41, 5.74) is -1.40. The Bertz CT molecular complexity index is 1200. The summed E-state index contributed by atoms with van der Waals surface area (Å²) in [5.74, 6) is 2.45. The fraction of sp³-hybridized carbons (Fsp3) is 0.150. The minimum Gasteiger partial charge on any atom is -0.320 e. The third-order valence-corrected chi connectivity index (χ3v) is 4.97. The molecule has 0 aliphatic rings. The van der Waals surface area contributed by atoms with Gasteiger partial charge in [0.15, 0.2) is 0 Å². The lowest BCUT2D eigenvalue weighted by Crippen LogP contribution is -2.17. The summed E-state index contributed by atoms with van der Waals surface area (Å²) in [6.07, 6.45) is 1.75. The molecule has 0 saturated carbocycles. The minimum atomic E-state index is -4.71. The van der Waals surface area contributed by atoms with Crippen LogP contribution < -0.4 is 10.9 Å². The van der Waals surface area contributed by atoms with Crippen LogP contribution in [0.3, 0.4) is 0 Å². The lowest BCUT2D eigenvalue weighted by Gasteiger charge is -2.14. The molecule has 9 heteroatoms. The molecule has 148 valence electrons. The van der Waals surface area contributed by atoms with Crippen LogP contribution in [0, 0.1) is 12.3 Å². The summed E-state index contributed by atoms with van der Waals surface area (Å²) >= 11 is 1.39. The Morgan fingerprint density at radius 2 is 2.07 bits per heavy atom. The molecule has 2 N–H and O–H groups in total. The molecule has 29 heavy (non-hydrogen) atoms. The highest BCUT2D eigenvalue weighted by Gasteiger charge is 2.32. The van der Waals surface area contributed by atoms with Crippen molar-refractivity contribution in [2.75, 3.05) is 11.1 Å². The van der Waals surface area contributed by atoms with Crippen molar-refractivity contribution in [3.63, 3.8) is 0 Å². The molecule has 1 heterocycles. The number of carbonyl (C=O) groups excluding carboxylic acids is 1. The topological polar surface area (TPSA) is 74.8 Å². The van der Waals surface area contributed by atoms with Gasteiger partial charge in [-0.2, -0.15) is 13.2 Å². The quantitative estimate of drug-likeness (QED) is 0.491. The van der Waals surface area contributed by atoms with E-state index >= 15 is 0 Å². The molecule has 0 fully saturated rings.